The molecule has 2 saturated carbocycles. The summed E-state index contributed by atoms with van der Waals surface area (Å²) < 4.78 is 0. The molecular formula is C29H33ClN2O4. The van der Waals surface area contributed by atoms with Crippen LogP contribution in [0.3, 0.4) is 0 Å². The molecule has 0 aromatic heterocycles. The smallest absolute Gasteiger partial charge is 0.303 e. The van der Waals surface area contributed by atoms with Crippen molar-refractivity contribution in [1.29, 1.82) is 0 Å². The van der Waals surface area contributed by atoms with Gasteiger partial charge in [0.15, 0.2) is 0 Å². The molecule has 1 N–H and O–H groups in total. The van der Waals surface area contributed by atoms with E-state index in [1.165, 1.54) is 5.56 Å². The predicted molar refractivity (Wildman–Crippen MR) is 139 cm³/mol. The minimum absolute atomic E-state index is 0.00490. The first kappa shape index (κ1) is 24.8. The van der Waals surface area contributed by atoms with Crippen molar-refractivity contribution in [3.8, 4) is 0 Å². The van der Waals surface area contributed by atoms with Crippen molar-refractivity contribution in [2.24, 2.45) is 5.92 Å². The SMILES string of the molecule is CCc1ccc(C(=O)N2c3cc(Cl)ccc3C(N(C(=O)CCC(=O)O)C3CCC3)C3CCCC32)cc1. The Morgan fingerprint density at radius 3 is 2.36 bits per heavy atom. The number of hydrogen-bond acceptors (Lipinski definition) is 3. The molecule has 0 bridgehead atoms. The van der Waals surface area contributed by atoms with Crippen molar-refractivity contribution in [3.63, 3.8) is 0 Å². The zero-order valence-electron chi connectivity index (χ0n) is 20.7. The fourth-order valence-corrected chi connectivity index (χ4v) is 6.44. The number of hydrogen-bond donors (Lipinski definition) is 1. The van der Waals surface area contributed by atoms with Crippen LogP contribution in [-0.2, 0) is 16.0 Å². The summed E-state index contributed by atoms with van der Waals surface area (Å²) in [5, 5.41) is 9.76. The van der Waals surface area contributed by atoms with E-state index in [1.54, 1.807) is 0 Å². The van der Waals surface area contributed by atoms with Crippen molar-refractivity contribution in [2.45, 2.75) is 82.8 Å². The Bertz CT molecular complexity index is 1160. The van der Waals surface area contributed by atoms with Crippen LogP contribution in [0.1, 0.15) is 85.8 Å². The molecule has 2 aromatic carbocycles. The molecule has 0 spiro atoms. The Morgan fingerprint density at radius 2 is 1.72 bits per heavy atom. The van der Waals surface area contributed by atoms with Crippen molar-refractivity contribution in [2.75, 3.05) is 4.90 Å². The van der Waals surface area contributed by atoms with E-state index in [1.807, 2.05) is 52.3 Å². The number of anilines is 1. The maximum absolute atomic E-state index is 13.9. The number of benzene rings is 2. The largest absolute Gasteiger partial charge is 0.481 e. The van der Waals surface area contributed by atoms with Gasteiger partial charge in [0.1, 0.15) is 0 Å². The summed E-state index contributed by atoms with van der Waals surface area (Å²) in [7, 11) is 0. The number of aliphatic carboxylic acids is 1. The molecule has 0 saturated heterocycles. The molecule has 2 amide bonds. The zero-order chi connectivity index (χ0) is 25.4. The molecule has 2 aromatic rings. The average Bonchev–Trinajstić information content (AvgIpc) is 3.32. The molecule has 6 nitrogen and oxygen atoms in total. The monoisotopic (exact) mass is 508 g/mol. The highest BCUT2D eigenvalue weighted by atomic mass is 35.5. The maximum atomic E-state index is 13.9. The summed E-state index contributed by atoms with van der Waals surface area (Å²) in [6, 6.07) is 13.4. The molecule has 36 heavy (non-hydrogen) atoms. The highest BCUT2D eigenvalue weighted by molar-refractivity contribution is 6.31. The predicted octanol–water partition coefficient (Wildman–Crippen LogP) is 6.02. The lowest BCUT2D eigenvalue weighted by Crippen LogP contribution is -2.55. The normalized spacial score (nSPS) is 22.9. The van der Waals surface area contributed by atoms with Gasteiger partial charge in [-0.2, -0.15) is 0 Å². The van der Waals surface area contributed by atoms with Gasteiger partial charge in [-0.05, 0) is 73.9 Å². The second-order valence-corrected chi connectivity index (χ2v) is 10.8. The van der Waals surface area contributed by atoms with E-state index < -0.39 is 5.97 Å². The van der Waals surface area contributed by atoms with E-state index in [0.29, 0.717) is 10.6 Å². The Hall–Kier alpha value is -2.86. The van der Waals surface area contributed by atoms with E-state index in [9.17, 15) is 19.5 Å². The number of carbonyl (C=O) groups is 3. The topological polar surface area (TPSA) is 77.9 Å². The minimum atomic E-state index is -0.961. The van der Waals surface area contributed by atoms with E-state index in [0.717, 1.165) is 56.2 Å². The molecular weight excluding hydrogens is 476 g/mol. The molecule has 3 atom stereocenters. The standard InChI is InChI=1S/C29H33ClN2O4/c1-2-18-9-11-19(12-10-18)29(36)32-24-8-4-7-22(24)28(23-14-13-20(30)17-25(23)32)31(21-5-3-6-21)26(33)15-16-27(34)35/h9-14,17,21-22,24,28H,2-8,15-16H2,1H3,(H,34,35). The third-order valence-electron chi connectivity index (χ3n) is 8.28. The van der Waals surface area contributed by atoms with Crippen LogP contribution in [0.15, 0.2) is 42.5 Å². The van der Waals surface area contributed by atoms with Gasteiger partial charge in [0.2, 0.25) is 5.91 Å². The Morgan fingerprint density at radius 1 is 1.00 bits per heavy atom. The molecule has 7 heteroatoms. The number of fused-ring (bicyclic) bond motifs is 2. The molecule has 2 aliphatic carbocycles. The highest BCUT2D eigenvalue weighted by Crippen LogP contribution is 2.53. The number of aryl methyl sites for hydroxylation is 1. The summed E-state index contributed by atoms with van der Waals surface area (Å²) >= 11 is 6.47. The number of halogens is 1. The fourth-order valence-electron chi connectivity index (χ4n) is 6.27. The number of carboxylic acid groups (broad SMARTS) is 1. The quantitative estimate of drug-likeness (QED) is 0.496. The van der Waals surface area contributed by atoms with Crippen LogP contribution >= 0.6 is 11.6 Å². The molecule has 1 aliphatic heterocycles. The van der Waals surface area contributed by atoms with Gasteiger partial charge >= 0.3 is 5.97 Å². The third kappa shape index (κ3) is 4.52. The van der Waals surface area contributed by atoms with Crippen molar-refractivity contribution < 1.29 is 19.5 Å². The van der Waals surface area contributed by atoms with Gasteiger partial charge in [0, 0.05) is 35.0 Å². The molecule has 5 rings (SSSR count). The lowest BCUT2D eigenvalue weighted by atomic mass is 9.78. The first-order chi connectivity index (χ1) is 17.4. The van der Waals surface area contributed by atoms with Crippen LogP contribution in [0, 0.1) is 5.92 Å². The summed E-state index contributed by atoms with van der Waals surface area (Å²) in [5.41, 5.74) is 3.55. The van der Waals surface area contributed by atoms with E-state index in [4.69, 9.17) is 11.6 Å². The first-order valence-electron chi connectivity index (χ1n) is 13.1. The van der Waals surface area contributed by atoms with Gasteiger partial charge < -0.3 is 14.9 Å². The van der Waals surface area contributed by atoms with E-state index in [-0.39, 0.29) is 48.7 Å². The fraction of sp³-hybridized carbons (Fsp3) is 0.483. The average molecular weight is 509 g/mol. The van der Waals surface area contributed by atoms with E-state index >= 15 is 0 Å². The second-order valence-electron chi connectivity index (χ2n) is 10.3. The summed E-state index contributed by atoms with van der Waals surface area (Å²) in [6.45, 7) is 2.09. The van der Waals surface area contributed by atoms with E-state index in [2.05, 4.69) is 6.92 Å². The van der Waals surface area contributed by atoms with Crippen molar-refractivity contribution in [3.05, 3.63) is 64.2 Å². The number of nitrogens with zero attached hydrogens (tertiary/aromatic N) is 2. The molecule has 190 valence electrons. The third-order valence-corrected chi connectivity index (χ3v) is 8.51. The number of carbonyl (C=O) groups excluding carboxylic acids is 2. The van der Waals surface area contributed by atoms with Gasteiger partial charge in [0.05, 0.1) is 18.2 Å². The number of rotatable bonds is 7. The Labute approximate surface area is 217 Å². The van der Waals surface area contributed by atoms with Crippen molar-refractivity contribution in [1.82, 2.24) is 4.90 Å². The number of carboxylic acids is 1. The first-order valence-corrected chi connectivity index (χ1v) is 13.5. The van der Waals surface area contributed by atoms with Crippen LogP contribution < -0.4 is 4.90 Å². The summed E-state index contributed by atoms with van der Waals surface area (Å²) in [5.74, 6) is -0.998. The molecule has 2 fully saturated rings. The van der Waals surface area contributed by atoms with Crippen LogP contribution in [-0.4, -0.2) is 39.9 Å². The van der Waals surface area contributed by atoms with Gasteiger partial charge in [-0.3, -0.25) is 14.4 Å². The Kier molecular flexibility index (Phi) is 7.07. The molecule has 3 unspecified atom stereocenters. The van der Waals surface area contributed by atoms with Gasteiger partial charge in [0.25, 0.3) is 5.91 Å². The zero-order valence-corrected chi connectivity index (χ0v) is 21.4. The number of amides is 2. The molecule has 3 aliphatic rings. The highest BCUT2D eigenvalue weighted by Gasteiger charge is 2.50. The van der Waals surface area contributed by atoms with Crippen LogP contribution in [0.25, 0.3) is 0 Å². The van der Waals surface area contributed by atoms with Gasteiger partial charge in [-0.1, -0.05) is 43.1 Å². The lowest BCUT2D eigenvalue weighted by Gasteiger charge is -2.51. The van der Waals surface area contributed by atoms with Crippen LogP contribution in [0.2, 0.25) is 5.02 Å². The maximum Gasteiger partial charge on any atom is 0.303 e. The lowest BCUT2D eigenvalue weighted by molar-refractivity contribution is -0.145. The minimum Gasteiger partial charge on any atom is -0.481 e. The Balaban J connectivity index is 1.58. The molecule has 1 heterocycles. The van der Waals surface area contributed by atoms with Gasteiger partial charge in [-0.15, -0.1) is 0 Å². The molecule has 0 radical (unpaired) electrons. The summed E-state index contributed by atoms with van der Waals surface area (Å²) in [4.78, 5) is 42.6. The van der Waals surface area contributed by atoms with Crippen LogP contribution in [0.4, 0.5) is 5.69 Å². The van der Waals surface area contributed by atoms with Crippen molar-refractivity contribution >= 4 is 35.1 Å². The summed E-state index contributed by atoms with van der Waals surface area (Å²) in [6.07, 6.45) is 6.44. The van der Waals surface area contributed by atoms with Gasteiger partial charge in [-0.25, -0.2) is 0 Å². The van der Waals surface area contributed by atoms with Crippen LogP contribution in [0.5, 0.6) is 0 Å². The second kappa shape index (κ2) is 10.3.